The van der Waals surface area contributed by atoms with Crippen molar-refractivity contribution in [3.8, 4) is 0 Å². The van der Waals surface area contributed by atoms with E-state index in [9.17, 15) is 0 Å². The van der Waals surface area contributed by atoms with Crippen molar-refractivity contribution in [3.05, 3.63) is 11.6 Å². The van der Waals surface area contributed by atoms with E-state index < -0.39 is 0 Å². The summed E-state index contributed by atoms with van der Waals surface area (Å²) in [6, 6.07) is 1.43. The molecule has 0 aromatic heterocycles. The lowest BCUT2D eigenvalue weighted by Crippen LogP contribution is -2.57. The molecule has 2 atom stereocenters. The van der Waals surface area contributed by atoms with Crippen molar-refractivity contribution in [2.24, 2.45) is 5.92 Å². The molecular weight excluding hydrogens is 220 g/mol. The number of piperazine rings is 1. The van der Waals surface area contributed by atoms with Crippen molar-refractivity contribution in [2.75, 3.05) is 19.6 Å². The second kappa shape index (κ2) is 6.04. The van der Waals surface area contributed by atoms with E-state index >= 15 is 0 Å². The van der Waals surface area contributed by atoms with Gasteiger partial charge in [0.25, 0.3) is 0 Å². The minimum atomic E-state index is 0.702. The van der Waals surface area contributed by atoms with Crippen LogP contribution < -0.4 is 5.32 Å². The Morgan fingerprint density at radius 3 is 2.88 bits per heavy atom. The zero-order chi connectivity index (χ0) is 11.4. The fourth-order valence-electron chi connectivity index (χ4n) is 2.71. The molecule has 2 unspecified atom stereocenters. The highest BCUT2D eigenvalue weighted by Crippen LogP contribution is 2.34. The molecule has 2 nitrogen and oxygen atoms in total. The van der Waals surface area contributed by atoms with Crippen LogP contribution in [0.15, 0.2) is 11.6 Å². The van der Waals surface area contributed by atoms with Gasteiger partial charge in [0, 0.05) is 37.3 Å². The molecule has 1 N–H and O–H groups in total. The molecule has 0 aromatic carbocycles. The number of nitrogens with zero attached hydrogens (tertiary/aromatic N) is 1. The van der Waals surface area contributed by atoms with Crippen molar-refractivity contribution < 1.29 is 0 Å². The van der Waals surface area contributed by atoms with Crippen molar-refractivity contribution in [1.29, 1.82) is 0 Å². The first kappa shape index (κ1) is 12.4. The molecule has 2 aliphatic rings. The van der Waals surface area contributed by atoms with Gasteiger partial charge in [-0.2, -0.15) is 0 Å². The van der Waals surface area contributed by atoms with Crippen molar-refractivity contribution in [2.45, 2.75) is 44.7 Å². The van der Waals surface area contributed by atoms with Crippen LogP contribution >= 0.6 is 11.6 Å². The highest BCUT2D eigenvalue weighted by Gasteiger charge is 2.36. The molecule has 1 aliphatic carbocycles. The van der Waals surface area contributed by atoms with E-state index in [1.165, 1.54) is 32.2 Å². The molecule has 0 bridgehead atoms. The smallest absolute Gasteiger partial charge is 0.0224 e. The molecule has 1 saturated carbocycles. The third-order valence-corrected chi connectivity index (χ3v) is 3.98. The van der Waals surface area contributed by atoms with E-state index in [0.717, 1.165) is 25.0 Å². The van der Waals surface area contributed by atoms with Gasteiger partial charge in [-0.05, 0) is 25.2 Å². The van der Waals surface area contributed by atoms with Gasteiger partial charge in [0.15, 0.2) is 0 Å². The van der Waals surface area contributed by atoms with E-state index in [-0.39, 0.29) is 0 Å². The van der Waals surface area contributed by atoms with Crippen LogP contribution in [-0.4, -0.2) is 36.6 Å². The summed E-state index contributed by atoms with van der Waals surface area (Å²) in [7, 11) is 0. The lowest BCUT2D eigenvalue weighted by Gasteiger charge is -2.40. The maximum absolute atomic E-state index is 5.63. The minimum Gasteiger partial charge on any atom is -0.311 e. The molecule has 3 heteroatoms. The number of rotatable bonds is 5. The summed E-state index contributed by atoms with van der Waals surface area (Å²) in [5.41, 5.74) is 1.65. The third kappa shape index (κ3) is 3.22. The fourth-order valence-corrected chi connectivity index (χ4v) is 2.79. The Kier molecular flexibility index (Phi) is 4.68. The predicted octanol–water partition coefficient (Wildman–Crippen LogP) is 2.59. The molecule has 0 radical (unpaired) electrons. The van der Waals surface area contributed by atoms with E-state index in [2.05, 4.69) is 23.2 Å². The fraction of sp³-hybridized carbons (Fsp3) is 0.846. The number of hydrogen-bond donors (Lipinski definition) is 1. The van der Waals surface area contributed by atoms with Gasteiger partial charge in [0.05, 0.1) is 0 Å². The van der Waals surface area contributed by atoms with Gasteiger partial charge in [-0.3, -0.25) is 4.90 Å². The average Bonchev–Trinajstić information content (AvgIpc) is 3.12. The van der Waals surface area contributed by atoms with E-state index in [1.807, 2.05) is 0 Å². The van der Waals surface area contributed by atoms with Gasteiger partial charge in [-0.15, -0.1) is 0 Å². The van der Waals surface area contributed by atoms with E-state index in [0.29, 0.717) is 6.04 Å². The van der Waals surface area contributed by atoms with Crippen LogP contribution in [0.5, 0.6) is 0 Å². The Balaban J connectivity index is 1.88. The van der Waals surface area contributed by atoms with E-state index in [1.54, 1.807) is 5.54 Å². The molecule has 92 valence electrons. The van der Waals surface area contributed by atoms with Crippen molar-refractivity contribution >= 4 is 11.6 Å². The Bertz CT molecular complexity index is 238. The molecular formula is C13H23ClN2. The number of halogens is 1. The summed E-state index contributed by atoms with van der Waals surface area (Å²) in [5, 5.41) is 3.72. The molecule has 1 aliphatic heterocycles. The summed E-state index contributed by atoms with van der Waals surface area (Å²) in [6.45, 7) is 5.64. The monoisotopic (exact) mass is 242 g/mol. The van der Waals surface area contributed by atoms with Crippen LogP contribution in [-0.2, 0) is 0 Å². The van der Waals surface area contributed by atoms with Crippen molar-refractivity contribution in [3.63, 3.8) is 0 Å². The maximum atomic E-state index is 5.63. The summed E-state index contributed by atoms with van der Waals surface area (Å²) < 4.78 is 0. The summed E-state index contributed by atoms with van der Waals surface area (Å²) >= 11 is 5.63. The van der Waals surface area contributed by atoms with Crippen LogP contribution in [0.25, 0.3) is 0 Å². The SMILES string of the molecule is CCCC1CNC(C2CC2)CN1C/C=C/Cl. The zero-order valence-electron chi connectivity index (χ0n) is 10.2. The summed E-state index contributed by atoms with van der Waals surface area (Å²) in [5.74, 6) is 0.949. The Morgan fingerprint density at radius 1 is 1.44 bits per heavy atom. The Morgan fingerprint density at radius 2 is 2.25 bits per heavy atom. The van der Waals surface area contributed by atoms with Gasteiger partial charge in [-0.1, -0.05) is 31.0 Å². The molecule has 16 heavy (non-hydrogen) atoms. The normalized spacial score (nSPS) is 32.4. The molecule has 1 heterocycles. The van der Waals surface area contributed by atoms with Gasteiger partial charge >= 0.3 is 0 Å². The van der Waals surface area contributed by atoms with Gasteiger partial charge in [0.1, 0.15) is 0 Å². The molecule has 0 aromatic rings. The maximum Gasteiger partial charge on any atom is 0.0224 e. The van der Waals surface area contributed by atoms with E-state index in [4.69, 9.17) is 11.6 Å². The highest BCUT2D eigenvalue weighted by atomic mass is 35.5. The first-order valence-electron chi connectivity index (χ1n) is 6.57. The molecule has 0 amide bonds. The lowest BCUT2D eigenvalue weighted by molar-refractivity contribution is 0.129. The molecule has 2 fully saturated rings. The second-order valence-corrected chi connectivity index (χ2v) is 5.36. The molecule has 2 rings (SSSR count). The van der Waals surface area contributed by atoms with Crippen LogP contribution in [0, 0.1) is 5.92 Å². The average molecular weight is 243 g/mol. The summed E-state index contributed by atoms with van der Waals surface area (Å²) in [4.78, 5) is 2.60. The number of nitrogens with one attached hydrogen (secondary N) is 1. The second-order valence-electron chi connectivity index (χ2n) is 5.11. The lowest BCUT2D eigenvalue weighted by atomic mass is 10.0. The van der Waals surface area contributed by atoms with Crippen LogP contribution in [0.2, 0.25) is 0 Å². The topological polar surface area (TPSA) is 15.3 Å². The third-order valence-electron chi connectivity index (χ3n) is 3.81. The van der Waals surface area contributed by atoms with Crippen LogP contribution in [0.3, 0.4) is 0 Å². The number of hydrogen-bond acceptors (Lipinski definition) is 2. The predicted molar refractivity (Wildman–Crippen MR) is 69.8 cm³/mol. The van der Waals surface area contributed by atoms with Crippen molar-refractivity contribution in [1.82, 2.24) is 10.2 Å². The highest BCUT2D eigenvalue weighted by molar-refractivity contribution is 6.25. The Labute approximate surface area is 104 Å². The largest absolute Gasteiger partial charge is 0.311 e. The minimum absolute atomic E-state index is 0.702. The Hall–Kier alpha value is -0.0500. The van der Waals surface area contributed by atoms with Crippen LogP contribution in [0.4, 0.5) is 0 Å². The van der Waals surface area contributed by atoms with Crippen LogP contribution in [0.1, 0.15) is 32.6 Å². The first-order valence-corrected chi connectivity index (χ1v) is 7.01. The first-order chi connectivity index (χ1) is 7.85. The standard InChI is InChI=1S/C13H23ClN2/c1-2-4-12-9-15-13(11-5-6-11)10-16(12)8-3-7-14/h3,7,11-13,15H,2,4-6,8-10H2,1H3/b7-3+. The molecule has 0 spiro atoms. The quantitative estimate of drug-likeness (QED) is 0.797. The molecule has 1 saturated heterocycles. The summed E-state index contributed by atoms with van der Waals surface area (Å²) in [6.07, 6.45) is 7.48. The zero-order valence-corrected chi connectivity index (χ0v) is 10.9. The van der Waals surface area contributed by atoms with Gasteiger partial charge < -0.3 is 5.32 Å². The van der Waals surface area contributed by atoms with Gasteiger partial charge in [0.2, 0.25) is 0 Å². The van der Waals surface area contributed by atoms with Gasteiger partial charge in [-0.25, -0.2) is 0 Å².